The van der Waals surface area contributed by atoms with Gasteiger partial charge in [0.15, 0.2) is 5.72 Å². The number of aliphatic hydroxyl groups is 1. The van der Waals surface area contributed by atoms with Gasteiger partial charge in [0.1, 0.15) is 0 Å². The van der Waals surface area contributed by atoms with Crippen LogP contribution < -0.4 is 0 Å². The first kappa shape index (κ1) is 21.3. The number of fused-ring (bicyclic) bond motifs is 1. The Kier molecular flexibility index (Phi) is 5.44. The van der Waals surface area contributed by atoms with Gasteiger partial charge in [0.05, 0.1) is 17.6 Å². The molecule has 1 heterocycles. The molecular formula is C26H24N2O5. The number of nitro groups is 1. The van der Waals surface area contributed by atoms with Crippen molar-refractivity contribution in [2.45, 2.75) is 31.2 Å². The van der Waals surface area contributed by atoms with Crippen LogP contribution in [0.3, 0.4) is 0 Å². The molecule has 33 heavy (non-hydrogen) atoms. The third-order valence-corrected chi connectivity index (χ3v) is 6.45. The summed E-state index contributed by atoms with van der Waals surface area (Å²) in [5.41, 5.74) is 1.61. The van der Waals surface area contributed by atoms with Crippen molar-refractivity contribution in [1.29, 1.82) is 0 Å². The predicted molar refractivity (Wildman–Crippen MR) is 121 cm³/mol. The average Bonchev–Trinajstić information content (AvgIpc) is 3.67. The lowest BCUT2D eigenvalue weighted by Crippen LogP contribution is -2.49. The number of aliphatic hydroxyl groups excluding tert-OH is 1. The summed E-state index contributed by atoms with van der Waals surface area (Å²) in [5.74, 6) is 0.0694. The van der Waals surface area contributed by atoms with Crippen LogP contribution in [0.25, 0.3) is 0 Å². The van der Waals surface area contributed by atoms with Gasteiger partial charge in [0.2, 0.25) is 0 Å². The van der Waals surface area contributed by atoms with Crippen molar-refractivity contribution in [3.05, 3.63) is 111 Å². The van der Waals surface area contributed by atoms with Crippen molar-refractivity contribution in [2.75, 3.05) is 6.61 Å². The lowest BCUT2D eigenvalue weighted by atomic mass is 9.92. The van der Waals surface area contributed by atoms with Crippen LogP contribution in [-0.4, -0.2) is 33.5 Å². The van der Waals surface area contributed by atoms with Crippen LogP contribution in [-0.2, 0) is 17.0 Å². The Morgan fingerprint density at radius 2 is 1.70 bits per heavy atom. The second-order valence-electron chi connectivity index (χ2n) is 8.55. The molecule has 7 heteroatoms. The number of carbonyl (C=O) groups is 1. The summed E-state index contributed by atoms with van der Waals surface area (Å²) < 4.78 is 6.75. The van der Waals surface area contributed by atoms with E-state index in [1.54, 1.807) is 23.1 Å². The van der Waals surface area contributed by atoms with Gasteiger partial charge in [-0.25, -0.2) is 0 Å². The van der Waals surface area contributed by atoms with E-state index in [1.165, 1.54) is 12.1 Å². The molecule has 1 aliphatic carbocycles. The van der Waals surface area contributed by atoms with E-state index in [4.69, 9.17) is 4.74 Å². The zero-order valence-electron chi connectivity index (χ0n) is 18.0. The summed E-state index contributed by atoms with van der Waals surface area (Å²) in [4.78, 5) is 26.0. The van der Waals surface area contributed by atoms with E-state index in [0.717, 1.165) is 29.5 Å². The number of ether oxygens (including phenoxy) is 1. The Bertz CT molecular complexity index is 1180. The molecular weight excluding hydrogens is 420 g/mol. The molecule has 0 bridgehead atoms. The maximum absolute atomic E-state index is 13.7. The van der Waals surface area contributed by atoms with Crippen LogP contribution in [0.5, 0.6) is 0 Å². The summed E-state index contributed by atoms with van der Waals surface area (Å²) in [6.07, 6.45) is 1.55. The van der Waals surface area contributed by atoms with E-state index in [0.29, 0.717) is 5.56 Å². The lowest BCUT2D eigenvalue weighted by molar-refractivity contribution is -0.384. The number of nitrogens with zero attached hydrogens (tertiary/aromatic N) is 2. The molecule has 3 aromatic rings. The van der Waals surface area contributed by atoms with E-state index >= 15 is 0 Å². The van der Waals surface area contributed by atoms with E-state index < -0.39 is 16.8 Å². The highest BCUT2D eigenvalue weighted by atomic mass is 16.6. The molecule has 5 rings (SSSR count). The molecule has 2 unspecified atom stereocenters. The van der Waals surface area contributed by atoms with Crippen LogP contribution in [0.4, 0.5) is 5.69 Å². The third-order valence-electron chi connectivity index (χ3n) is 6.45. The Morgan fingerprint density at radius 1 is 1.03 bits per heavy atom. The predicted octanol–water partition coefficient (Wildman–Crippen LogP) is 4.24. The molecule has 3 aromatic carbocycles. The smallest absolute Gasteiger partial charge is 0.269 e. The monoisotopic (exact) mass is 444 g/mol. The Balaban J connectivity index is 1.65. The number of amides is 1. The van der Waals surface area contributed by atoms with Gasteiger partial charge >= 0.3 is 0 Å². The molecule has 1 amide bonds. The summed E-state index contributed by atoms with van der Waals surface area (Å²) in [7, 11) is 0. The average molecular weight is 444 g/mol. The maximum Gasteiger partial charge on any atom is 0.269 e. The largest absolute Gasteiger partial charge is 0.394 e. The molecule has 0 spiro atoms. The van der Waals surface area contributed by atoms with E-state index in [-0.39, 0.29) is 30.7 Å². The molecule has 168 valence electrons. The SMILES string of the molecule is O=C1c2ccccc2C(OC(CO)C2CC2)(c2ccccc2)N1Cc1ccc([N+](=O)[O-])cc1. The number of rotatable bonds is 8. The minimum absolute atomic E-state index is 0.00515. The van der Waals surface area contributed by atoms with Crippen LogP contribution in [0.2, 0.25) is 0 Å². The van der Waals surface area contributed by atoms with Gasteiger partial charge in [-0.1, -0.05) is 60.7 Å². The van der Waals surface area contributed by atoms with Crippen LogP contribution in [0, 0.1) is 16.0 Å². The lowest BCUT2D eigenvalue weighted by Gasteiger charge is -2.42. The molecule has 7 nitrogen and oxygen atoms in total. The van der Waals surface area contributed by atoms with Crippen LogP contribution >= 0.6 is 0 Å². The van der Waals surface area contributed by atoms with Gasteiger partial charge in [-0.2, -0.15) is 0 Å². The molecule has 0 aromatic heterocycles. The number of non-ortho nitro benzene ring substituents is 1. The minimum Gasteiger partial charge on any atom is -0.394 e. The standard InChI is InChI=1S/C26H24N2O5/c29-17-24(19-12-13-19)33-26(20-6-2-1-3-7-20)23-9-5-4-8-22(23)25(30)27(26)16-18-10-14-21(15-11-18)28(31)32/h1-11,14-15,19,24,29H,12-13,16-17H2. The van der Waals surface area contributed by atoms with Gasteiger partial charge in [0.25, 0.3) is 11.6 Å². The van der Waals surface area contributed by atoms with Gasteiger partial charge in [0, 0.05) is 35.4 Å². The highest BCUT2D eigenvalue weighted by molar-refractivity contribution is 6.00. The molecule has 2 aliphatic rings. The van der Waals surface area contributed by atoms with Gasteiger partial charge in [-0.15, -0.1) is 0 Å². The Hall–Kier alpha value is -3.55. The van der Waals surface area contributed by atoms with Crippen molar-refractivity contribution in [1.82, 2.24) is 4.90 Å². The van der Waals surface area contributed by atoms with E-state index in [9.17, 15) is 20.0 Å². The number of hydrogen-bond acceptors (Lipinski definition) is 5. The highest BCUT2D eigenvalue weighted by Crippen LogP contribution is 2.49. The summed E-state index contributed by atoms with van der Waals surface area (Å²) in [6, 6.07) is 23.2. The van der Waals surface area contributed by atoms with Crippen molar-refractivity contribution < 1.29 is 19.6 Å². The van der Waals surface area contributed by atoms with Crippen LogP contribution in [0.1, 0.15) is 39.9 Å². The second-order valence-corrected chi connectivity index (χ2v) is 8.55. The first-order valence-electron chi connectivity index (χ1n) is 11.0. The minimum atomic E-state index is -1.22. The molecule has 0 radical (unpaired) electrons. The van der Waals surface area contributed by atoms with Gasteiger partial charge < -0.3 is 9.84 Å². The van der Waals surface area contributed by atoms with E-state index in [1.807, 2.05) is 48.5 Å². The molecule has 1 N–H and O–H groups in total. The Labute approximate surface area is 191 Å². The third kappa shape index (κ3) is 3.69. The van der Waals surface area contributed by atoms with Gasteiger partial charge in [-0.3, -0.25) is 19.8 Å². The van der Waals surface area contributed by atoms with Crippen molar-refractivity contribution >= 4 is 11.6 Å². The van der Waals surface area contributed by atoms with Crippen molar-refractivity contribution in [2.24, 2.45) is 5.92 Å². The maximum atomic E-state index is 13.7. The number of hydrogen-bond donors (Lipinski definition) is 1. The van der Waals surface area contributed by atoms with Crippen LogP contribution in [0.15, 0.2) is 78.9 Å². The fraction of sp³-hybridized carbons (Fsp3) is 0.269. The van der Waals surface area contributed by atoms with E-state index in [2.05, 4.69) is 0 Å². The second kappa shape index (κ2) is 8.42. The molecule has 2 atom stereocenters. The zero-order chi connectivity index (χ0) is 23.0. The molecule has 1 saturated carbocycles. The van der Waals surface area contributed by atoms with Gasteiger partial charge in [-0.05, 0) is 30.4 Å². The normalized spacial score (nSPS) is 20.5. The van der Waals surface area contributed by atoms with Crippen molar-refractivity contribution in [3.8, 4) is 0 Å². The first-order chi connectivity index (χ1) is 16.0. The summed E-state index contributed by atoms with van der Waals surface area (Å²) >= 11 is 0. The number of benzene rings is 3. The summed E-state index contributed by atoms with van der Waals surface area (Å²) in [5, 5.41) is 21.2. The number of nitro benzene ring substituents is 1. The highest BCUT2D eigenvalue weighted by Gasteiger charge is 2.54. The molecule has 1 aliphatic heterocycles. The Morgan fingerprint density at radius 3 is 2.33 bits per heavy atom. The fourth-order valence-electron chi connectivity index (χ4n) is 4.63. The van der Waals surface area contributed by atoms with Crippen molar-refractivity contribution in [3.63, 3.8) is 0 Å². The first-order valence-corrected chi connectivity index (χ1v) is 11.0. The summed E-state index contributed by atoms with van der Waals surface area (Å²) in [6.45, 7) is 0.0597. The molecule has 0 saturated heterocycles. The zero-order valence-corrected chi connectivity index (χ0v) is 18.0. The quantitative estimate of drug-likeness (QED) is 0.414. The topological polar surface area (TPSA) is 92.9 Å². The molecule has 1 fully saturated rings. The number of carbonyl (C=O) groups excluding carboxylic acids is 1. The fourth-order valence-corrected chi connectivity index (χ4v) is 4.63.